The Labute approximate surface area is 139 Å². The highest BCUT2D eigenvalue weighted by Crippen LogP contribution is 2.27. The van der Waals surface area contributed by atoms with E-state index in [0.29, 0.717) is 5.13 Å². The average Bonchev–Trinajstić information content (AvgIpc) is 2.87. The van der Waals surface area contributed by atoms with Gasteiger partial charge in [-0.2, -0.15) is 0 Å². The first-order valence-electron chi connectivity index (χ1n) is 6.24. The zero-order valence-corrected chi connectivity index (χ0v) is 13.8. The number of halogens is 1. The van der Waals surface area contributed by atoms with E-state index < -0.39 is 6.09 Å². The fourth-order valence-electron chi connectivity index (χ4n) is 1.80. The summed E-state index contributed by atoms with van der Waals surface area (Å²) in [7, 11) is 0. The van der Waals surface area contributed by atoms with Gasteiger partial charge in [0.1, 0.15) is 6.61 Å². The molecule has 0 aliphatic carbocycles. The number of fused-ring (bicyclic) bond motifs is 1. The Kier molecular flexibility index (Phi) is 4.35. The van der Waals surface area contributed by atoms with Gasteiger partial charge in [-0.15, -0.1) is 0 Å². The summed E-state index contributed by atoms with van der Waals surface area (Å²) in [5.41, 5.74) is 1.82. The molecule has 0 bridgehead atoms. The van der Waals surface area contributed by atoms with Crippen LogP contribution in [0.25, 0.3) is 10.2 Å². The van der Waals surface area contributed by atoms with Crippen molar-refractivity contribution in [3.8, 4) is 0 Å². The van der Waals surface area contributed by atoms with Crippen LogP contribution in [0.1, 0.15) is 5.56 Å². The summed E-state index contributed by atoms with van der Waals surface area (Å²) < 4.78 is 7.35. The van der Waals surface area contributed by atoms with Crippen LogP contribution in [0.3, 0.4) is 0 Å². The summed E-state index contributed by atoms with van der Waals surface area (Å²) in [6.07, 6.45) is -0.493. The predicted octanol–water partition coefficient (Wildman–Crippen LogP) is 4.65. The molecule has 0 radical (unpaired) electrons. The van der Waals surface area contributed by atoms with Crippen LogP contribution in [0.15, 0.2) is 48.5 Å². The first-order chi connectivity index (χ1) is 10.2. The maximum absolute atomic E-state index is 11.8. The molecule has 0 saturated heterocycles. The predicted molar refractivity (Wildman–Crippen MR) is 92.6 cm³/mol. The van der Waals surface area contributed by atoms with E-state index in [-0.39, 0.29) is 6.61 Å². The van der Waals surface area contributed by atoms with Gasteiger partial charge in [0, 0.05) is 3.57 Å². The molecule has 0 fully saturated rings. The van der Waals surface area contributed by atoms with E-state index in [1.807, 2.05) is 48.5 Å². The molecular weight excluding hydrogens is 399 g/mol. The van der Waals surface area contributed by atoms with E-state index in [4.69, 9.17) is 4.74 Å². The quantitative estimate of drug-likeness (QED) is 0.640. The Bertz CT molecular complexity index is 774. The molecule has 0 atom stereocenters. The maximum atomic E-state index is 11.8. The highest BCUT2D eigenvalue weighted by molar-refractivity contribution is 14.1. The number of amides is 1. The zero-order valence-electron chi connectivity index (χ0n) is 10.9. The van der Waals surface area contributed by atoms with Crippen LogP contribution in [0, 0.1) is 3.57 Å². The molecule has 0 spiro atoms. The minimum atomic E-state index is -0.493. The minimum absolute atomic E-state index is 0.246. The summed E-state index contributed by atoms with van der Waals surface area (Å²) >= 11 is 3.68. The fourth-order valence-corrected chi connectivity index (χ4v) is 3.39. The Morgan fingerprint density at radius 3 is 2.86 bits per heavy atom. The largest absolute Gasteiger partial charge is 0.444 e. The number of hydrogen-bond acceptors (Lipinski definition) is 4. The number of ether oxygens (including phenoxy) is 1. The molecule has 1 aromatic heterocycles. The molecule has 2 aromatic carbocycles. The van der Waals surface area contributed by atoms with Crippen LogP contribution in [0.4, 0.5) is 9.93 Å². The number of hydrogen-bond donors (Lipinski definition) is 1. The summed E-state index contributed by atoms with van der Waals surface area (Å²) in [6.45, 7) is 0.246. The SMILES string of the molecule is O=C(Nc1nc2ccc(I)cc2s1)OCc1ccccc1. The van der Waals surface area contributed by atoms with Crippen LogP contribution in [0.5, 0.6) is 0 Å². The molecule has 0 aliphatic rings. The van der Waals surface area contributed by atoms with Gasteiger partial charge in [-0.1, -0.05) is 41.7 Å². The van der Waals surface area contributed by atoms with Crippen molar-refractivity contribution in [1.29, 1.82) is 0 Å². The Morgan fingerprint density at radius 2 is 2.05 bits per heavy atom. The van der Waals surface area contributed by atoms with E-state index in [0.717, 1.165) is 19.4 Å². The fraction of sp³-hybridized carbons (Fsp3) is 0.0667. The zero-order chi connectivity index (χ0) is 14.7. The standard InChI is InChI=1S/C15H11IN2O2S/c16-11-6-7-12-13(8-11)21-14(17-12)18-15(19)20-9-10-4-2-1-3-5-10/h1-8H,9H2,(H,17,18,19). The normalized spacial score (nSPS) is 10.5. The maximum Gasteiger partial charge on any atom is 0.413 e. The Morgan fingerprint density at radius 1 is 1.24 bits per heavy atom. The van der Waals surface area contributed by atoms with Crippen LogP contribution >= 0.6 is 33.9 Å². The second-order valence-corrected chi connectivity index (χ2v) is 6.59. The van der Waals surface area contributed by atoms with Crippen molar-refractivity contribution in [3.05, 3.63) is 57.7 Å². The summed E-state index contributed by atoms with van der Waals surface area (Å²) in [6, 6.07) is 15.5. The molecule has 4 nitrogen and oxygen atoms in total. The van der Waals surface area contributed by atoms with Gasteiger partial charge in [0.05, 0.1) is 10.2 Å². The molecular formula is C15H11IN2O2S. The molecule has 0 aliphatic heterocycles. The van der Waals surface area contributed by atoms with Crippen molar-refractivity contribution in [2.75, 3.05) is 5.32 Å². The highest BCUT2D eigenvalue weighted by Gasteiger charge is 2.09. The topological polar surface area (TPSA) is 51.2 Å². The summed E-state index contributed by atoms with van der Waals surface area (Å²) in [4.78, 5) is 16.1. The third kappa shape index (κ3) is 3.70. The van der Waals surface area contributed by atoms with Gasteiger partial charge in [-0.3, -0.25) is 5.32 Å². The third-order valence-corrected chi connectivity index (χ3v) is 4.38. The van der Waals surface area contributed by atoms with Crippen molar-refractivity contribution >= 4 is 55.4 Å². The van der Waals surface area contributed by atoms with Gasteiger partial charge >= 0.3 is 6.09 Å². The molecule has 0 unspecified atom stereocenters. The van der Waals surface area contributed by atoms with E-state index in [9.17, 15) is 4.79 Å². The van der Waals surface area contributed by atoms with Gasteiger partial charge in [0.25, 0.3) is 0 Å². The highest BCUT2D eigenvalue weighted by atomic mass is 127. The second-order valence-electron chi connectivity index (χ2n) is 4.32. The molecule has 1 heterocycles. The smallest absolute Gasteiger partial charge is 0.413 e. The number of carbonyl (C=O) groups is 1. The van der Waals surface area contributed by atoms with Gasteiger partial charge < -0.3 is 4.74 Å². The molecule has 1 N–H and O–H groups in total. The number of anilines is 1. The van der Waals surface area contributed by atoms with Gasteiger partial charge in [-0.05, 0) is 46.4 Å². The van der Waals surface area contributed by atoms with Gasteiger partial charge in [0.2, 0.25) is 0 Å². The number of thiazole rings is 1. The molecule has 3 rings (SSSR count). The second kappa shape index (κ2) is 6.40. The molecule has 6 heteroatoms. The van der Waals surface area contributed by atoms with Crippen LogP contribution in [0.2, 0.25) is 0 Å². The summed E-state index contributed by atoms with van der Waals surface area (Å²) in [5, 5.41) is 3.21. The molecule has 1 amide bonds. The van der Waals surface area contributed by atoms with E-state index >= 15 is 0 Å². The lowest BCUT2D eigenvalue weighted by Gasteiger charge is -2.04. The average molecular weight is 410 g/mol. The van der Waals surface area contributed by atoms with Crippen molar-refractivity contribution < 1.29 is 9.53 Å². The monoisotopic (exact) mass is 410 g/mol. The van der Waals surface area contributed by atoms with E-state index in [1.165, 1.54) is 11.3 Å². The van der Waals surface area contributed by atoms with Crippen molar-refractivity contribution in [3.63, 3.8) is 0 Å². The van der Waals surface area contributed by atoms with Crippen molar-refractivity contribution in [2.45, 2.75) is 6.61 Å². The number of aromatic nitrogens is 1. The first kappa shape index (κ1) is 14.3. The molecule has 106 valence electrons. The number of nitrogens with zero attached hydrogens (tertiary/aromatic N) is 1. The van der Waals surface area contributed by atoms with Gasteiger partial charge in [-0.25, -0.2) is 9.78 Å². The Hall–Kier alpha value is -1.67. The molecule has 21 heavy (non-hydrogen) atoms. The lowest BCUT2D eigenvalue weighted by molar-refractivity contribution is 0.155. The lowest BCUT2D eigenvalue weighted by Crippen LogP contribution is -2.13. The molecule has 3 aromatic rings. The van der Waals surface area contributed by atoms with Crippen LogP contribution in [-0.4, -0.2) is 11.1 Å². The first-order valence-corrected chi connectivity index (χ1v) is 8.14. The van der Waals surface area contributed by atoms with Crippen LogP contribution < -0.4 is 5.32 Å². The van der Waals surface area contributed by atoms with Gasteiger partial charge in [0.15, 0.2) is 5.13 Å². The number of benzene rings is 2. The number of nitrogens with one attached hydrogen (secondary N) is 1. The molecule has 0 saturated carbocycles. The van der Waals surface area contributed by atoms with E-state index in [2.05, 4.69) is 32.9 Å². The number of carbonyl (C=O) groups excluding carboxylic acids is 1. The number of rotatable bonds is 3. The van der Waals surface area contributed by atoms with Crippen molar-refractivity contribution in [2.24, 2.45) is 0 Å². The Balaban J connectivity index is 1.63. The lowest BCUT2D eigenvalue weighted by atomic mass is 10.2. The van der Waals surface area contributed by atoms with Crippen molar-refractivity contribution in [1.82, 2.24) is 4.98 Å². The van der Waals surface area contributed by atoms with E-state index in [1.54, 1.807) is 0 Å². The minimum Gasteiger partial charge on any atom is -0.444 e. The van der Waals surface area contributed by atoms with Crippen LogP contribution in [-0.2, 0) is 11.3 Å². The summed E-state index contributed by atoms with van der Waals surface area (Å²) in [5.74, 6) is 0. The third-order valence-electron chi connectivity index (χ3n) is 2.77.